The predicted molar refractivity (Wildman–Crippen MR) is 92.2 cm³/mol. The summed E-state index contributed by atoms with van der Waals surface area (Å²) in [5.74, 6) is 0. The summed E-state index contributed by atoms with van der Waals surface area (Å²) in [7, 11) is 0. The van der Waals surface area contributed by atoms with Crippen LogP contribution >= 0.6 is 0 Å². The Morgan fingerprint density at radius 1 is 1.17 bits per heavy atom. The van der Waals surface area contributed by atoms with Crippen molar-refractivity contribution in [3.05, 3.63) is 30.1 Å². The Morgan fingerprint density at radius 2 is 1.92 bits per heavy atom. The van der Waals surface area contributed by atoms with Crippen LogP contribution in [0.1, 0.15) is 50.5 Å². The molecule has 0 unspecified atom stereocenters. The average Bonchev–Trinajstić information content (AvgIpc) is 3.04. The molecule has 3 rings (SSSR count). The van der Waals surface area contributed by atoms with Gasteiger partial charge in [0.25, 0.3) is 0 Å². The van der Waals surface area contributed by atoms with Crippen molar-refractivity contribution in [3.8, 4) is 5.69 Å². The van der Waals surface area contributed by atoms with Crippen LogP contribution in [0.5, 0.6) is 0 Å². The third kappa shape index (κ3) is 4.31. The number of hydrogen-bond acceptors (Lipinski definition) is 4. The molecule has 0 spiro atoms. The van der Waals surface area contributed by atoms with Gasteiger partial charge in [0.1, 0.15) is 6.33 Å². The van der Waals surface area contributed by atoms with Crippen molar-refractivity contribution in [3.63, 3.8) is 0 Å². The number of carbonyl (C=O) groups is 1. The number of anilines is 1. The third-order valence-corrected chi connectivity index (χ3v) is 4.49. The van der Waals surface area contributed by atoms with Gasteiger partial charge < -0.3 is 10.6 Å². The SMILES string of the molecule is Cc1cc(NC(=O)NC2CCCCCCC2)ccc1-n1cnnn1. The zero-order chi connectivity index (χ0) is 16.8. The summed E-state index contributed by atoms with van der Waals surface area (Å²) in [4.78, 5) is 12.2. The number of aromatic nitrogens is 4. The van der Waals surface area contributed by atoms with E-state index in [1.807, 2.05) is 25.1 Å². The first-order chi connectivity index (χ1) is 11.7. The van der Waals surface area contributed by atoms with Crippen molar-refractivity contribution < 1.29 is 4.79 Å². The highest BCUT2D eigenvalue weighted by molar-refractivity contribution is 5.89. The predicted octanol–water partition coefficient (Wildman–Crippen LogP) is 3.21. The van der Waals surface area contributed by atoms with E-state index in [2.05, 4.69) is 26.2 Å². The van der Waals surface area contributed by atoms with Crippen LogP contribution in [0, 0.1) is 6.92 Å². The molecule has 128 valence electrons. The summed E-state index contributed by atoms with van der Waals surface area (Å²) < 4.78 is 1.60. The molecule has 24 heavy (non-hydrogen) atoms. The smallest absolute Gasteiger partial charge is 0.319 e. The first-order valence-electron chi connectivity index (χ1n) is 8.64. The molecule has 1 saturated carbocycles. The third-order valence-electron chi connectivity index (χ3n) is 4.49. The number of aryl methyl sites for hydroxylation is 1. The largest absolute Gasteiger partial charge is 0.335 e. The minimum atomic E-state index is -0.129. The number of nitrogens with zero attached hydrogens (tertiary/aromatic N) is 4. The number of tetrazole rings is 1. The van der Waals surface area contributed by atoms with Gasteiger partial charge in [-0.05, 0) is 54.0 Å². The highest BCUT2D eigenvalue weighted by Crippen LogP contribution is 2.19. The zero-order valence-corrected chi connectivity index (χ0v) is 14.0. The zero-order valence-electron chi connectivity index (χ0n) is 14.0. The second kappa shape index (κ2) is 7.90. The Kier molecular flexibility index (Phi) is 5.40. The maximum Gasteiger partial charge on any atom is 0.319 e. The fourth-order valence-electron chi connectivity index (χ4n) is 3.21. The maximum atomic E-state index is 12.2. The average molecular weight is 328 g/mol. The van der Waals surface area contributed by atoms with E-state index in [0.29, 0.717) is 0 Å². The van der Waals surface area contributed by atoms with E-state index in [1.165, 1.54) is 32.1 Å². The minimum Gasteiger partial charge on any atom is -0.335 e. The van der Waals surface area contributed by atoms with Crippen molar-refractivity contribution in [1.29, 1.82) is 0 Å². The van der Waals surface area contributed by atoms with Crippen LogP contribution in [0.4, 0.5) is 10.5 Å². The number of urea groups is 1. The Labute approximate surface area is 141 Å². The molecule has 7 heteroatoms. The number of hydrogen-bond donors (Lipinski definition) is 2. The molecule has 0 radical (unpaired) electrons. The lowest BCUT2D eigenvalue weighted by molar-refractivity contribution is 0.245. The normalized spacial score (nSPS) is 16.2. The first kappa shape index (κ1) is 16.4. The van der Waals surface area contributed by atoms with Gasteiger partial charge >= 0.3 is 6.03 Å². The molecule has 0 aliphatic heterocycles. The molecule has 1 fully saturated rings. The van der Waals surface area contributed by atoms with E-state index in [-0.39, 0.29) is 12.1 Å². The van der Waals surface area contributed by atoms with Crippen molar-refractivity contribution in [2.45, 2.75) is 57.9 Å². The van der Waals surface area contributed by atoms with E-state index in [1.54, 1.807) is 11.0 Å². The maximum absolute atomic E-state index is 12.2. The molecule has 2 aromatic rings. The fraction of sp³-hybridized carbons (Fsp3) is 0.529. The Morgan fingerprint density at radius 3 is 2.58 bits per heavy atom. The molecule has 1 aliphatic carbocycles. The van der Waals surface area contributed by atoms with Gasteiger partial charge in [0.15, 0.2) is 0 Å². The molecule has 7 nitrogen and oxygen atoms in total. The van der Waals surface area contributed by atoms with Crippen LogP contribution in [0.3, 0.4) is 0 Å². The van der Waals surface area contributed by atoms with Crippen molar-refractivity contribution in [2.75, 3.05) is 5.32 Å². The highest BCUT2D eigenvalue weighted by atomic mass is 16.2. The summed E-state index contributed by atoms with van der Waals surface area (Å²) in [6.45, 7) is 1.97. The van der Waals surface area contributed by atoms with Gasteiger partial charge in [0.05, 0.1) is 5.69 Å². The molecule has 0 bridgehead atoms. The molecule has 1 heterocycles. The van der Waals surface area contributed by atoms with Gasteiger partial charge in [-0.25, -0.2) is 9.48 Å². The molecule has 1 aromatic carbocycles. The molecule has 2 amide bonds. The molecule has 0 atom stereocenters. The van der Waals surface area contributed by atoms with Gasteiger partial charge in [-0.15, -0.1) is 5.10 Å². The number of nitrogens with one attached hydrogen (secondary N) is 2. The van der Waals surface area contributed by atoms with Gasteiger partial charge in [-0.2, -0.15) is 0 Å². The van der Waals surface area contributed by atoms with Crippen LogP contribution < -0.4 is 10.6 Å². The van der Waals surface area contributed by atoms with E-state index >= 15 is 0 Å². The van der Waals surface area contributed by atoms with E-state index in [4.69, 9.17) is 0 Å². The second-order valence-electron chi connectivity index (χ2n) is 6.40. The van der Waals surface area contributed by atoms with Crippen LogP contribution in [0.15, 0.2) is 24.5 Å². The lowest BCUT2D eigenvalue weighted by Crippen LogP contribution is -2.38. The molecule has 0 saturated heterocycles. The summed E-state index contributed by atoms with van der Waals surface area (Å²) in [6.07, 6.45) is 9.97. The highest BCUT2D eigenvalue weighted by Gasteiger charge is 2.14. The van der Waals surface area contributed by atoms with Crippen LogP contribution in [-0.4, -0.2) is 32.3 Å². The lowest BCUT2D eigenvalue weighted by atomic mass is 9.97. The topological polar surface area (TPSA) is 84.7 Å². The van der Waals surface area contributed by atoms with E-state index in [9.17, 15) is 4.79 Å². The molecular weight excluding hydrogens is 304 g/mol. The van der Waals surface area contributed by atoms with E-state index < -0.39 is 0 Å². The number of amides is 2. The summed E-state index contributed by atoms with van der Waals surface area (Å²) >= 11 is 0. The molecular formula is C17H24N6O. The standard InChI is InChI=1S/C17H24N6O/c1-13-11-15(9-10-16(13)23-12-18-21-22-23)20-17(24)19-14-7-5-3-2-4-6-8-14/h9-12,14H,2-8H2,1H3,(H2,19,20,24). The van der Waals surface area contributed by atoms with Crippen LogP contribution in [0.25, 0.3) is 5.69 Å². The van der Waals surface area contributed by atoms with Crippen molar-refractivity contribution in [1.82, 2.24) is 25.5 Å². The number of rotatable bonds is 3. The second-order valence-corrected chi connectivity index (χ2v) is 6.40. The van der Waals surface area contributed by atoms with Gasteiger partial charge in [0.2, 0.25) is 0 Å². The Bertz CT molecular complexity index is 662. The molecule has 1 aromatic heterocycles. The quantitative estimate of drug-likeness (QED) is 0.906. The van der Waals surface area contributed by atoms with Gasteiger partial charge in [-0.3, -0.25) is 0 Å². The number of carbonyl (C=O) groups excluding carboxylic acids is 1. The molecule has 2 N–H and O–H groups in total. The first-order valence-corrected chi connectivity index (χ1v) is 8.64. The van der Waals surface area contributed by atoms with Crippen molar-refractivity contribution >= 4 is 11.7 Å². The fourth-order valence-corrected chi connectivity index (χ4v) is 3.21. The van der Waals surface area contributed by atoms with Gasteiger partial charge in [0, 0.05) is 11.7 Å². The summed E-state index contributed by atoms with van der Waals surface area (Å²) in [6, 6.07) is 5.84. The van der Waals surface area contributed by atoms with Crippen LogP contribution in [-0.2, 0) is 0 Å². The number of benzene rings is 1. The summed E-state index contributed by atoms with van der Waals surface area (Å²) in [5, 5.41) is 17.2. The van der Waals surface area contributed by atoms with Gasteiger partial charge in [-0.1, -0.05) is 32.1 Å². The molecule has 1 aliphatic rings. The van der Waals surface area contributed by atoms with Crippen molar-refractivity contribution in [2.24, 2.45) is 0 Å². The monoisotopic (exact) mass is 328 g/mol. The summed E-state index contributed by atoms with van der Waals surface area (Å²) in [5.41, 5.74) is 2.66. The lowest BCUT2D eigenvalue weighted by Gasteiger charge is -2.21. The Balaban J connectivity index is 1.59. The minimum absolute atomic E-state index is 0.129. The van der Waals surface area contributed by atoms with Crippen LogP contribution in [0.2, 0.25) is 0 Å². The Hall–Kier alpha value is -2.44. The van der Waals surface area contributed by atoms with E-state index in [0.717, 1.165) is 29.8 Å².